The van der Waals surface area contributed by atoms with Crippen LogP contribution in [0.2, 0.25) is 0 Å². The van der Waals surface area contributed by atoms with Crippen molar-refractivity contribution in [1.29, 1.82) is 0 Å². The Morgan fingerprint density at radius 2 is 1.81 bits per heavy atom. The van der Waals surface area contributed by atoms with Gasteiger partial charge in [-0.25, -0.2) is 4.79 Å². The number of nitrogens with zero attached hydrogens (tertiary/aromatic N) is 3. The lowest BCUT2D eigenvalue weighted by Gasteiger charge is -2.22. The van der Waals surface area contributed by atoms with Crippen LogP contribution >= 0.6 is 0 Å². The quantitative estimate of drug-likeness (QED) is 0.480. The third kappa shape index (κ3) is 7.03. The second-order valence-corrected chi connectivity index (χ2v) is 7.20. The number of hydrogen-bond acceptors (Lipinski definition) is 6. The lowest BCUT2D eigenvalue weighted by atomic mass is 10.0. The molecule has 0 atom stereocenters. The number of rotatable bonds is 8. The molecule has 2 heterocycles. The zero-order chi connectivity index (χ0) is 22.6. The molecule has 0 aliphatic heterocycles. The Morgan fingerprint density at radius 3 is 2.48 bits per heavy atom. The van der Waals surface area contributed by atoms with Crippen molar-refractivity contribution in [2.24, 2.45) is 0 Å². The minimum Gasteiger partial charge on any atom is -0.465 e. The van der Waals surface area contributed by atoms with Crippen LogP contribution in [0.15, 0.2) is 48.8 Å². The summed E-state index contributed by atoms with van der Waals surface area (Å²) in [6, 6.07) is 11.8. The van der Waals surface area contributed by atoms with E-state index in [4.69, 9.17) is 9.47 Å². The molecular formula is C25H33N3O3. The normalized spacial score (nSPS) is 10.4. The van der Waals surface area contributed by atoms with Gasteiger partial charge in [0.1, 0.15) is 0 Å². The van der Waals surface area contributed by atoms with E-state index < -0.39 is 0 Å². The predicted molar refractivity (Wildman–Crippen MR) is 126 cm³/mol. The molecule has 0 saturated heterocycles. The summed E-state index contributed by atoms with van der Waals surface area (Å²) in [5, 5.41) is 1.08. The molecule has 6 heteroatoms. The minimum atomic E-state index is -0.355. The van der Waals surface area contributed by atoms with E-state index in [9.17, 15) is 4.79 Å². The molecule has 0 aliphatic carbocycles. The smallest absolute Gasteiger partial charge is 0.337 e. The monoisotopic (exact) mass is 423 g/mol. The fourth-order valence-corrected chi connectivity index (χ4v) is 3.15. The number of carbonyl (C=O) groups is 1. The molecule has 0 fully saturated rings. The van der Waals surface area contributed by atoms with Crippen LogP contribution < -0.4 is 4.90 Å². The van der Waals surface area contributed by atoms with Crippen LogP contribution in [0.5, 0.6) is 0 Å². The van der Waals surface area contributed by atoms with Gasteiger partial charge < -0.3 is 14.4 Å². The van der Waals surface area contributed by atoms with Crippen LogP contribution in [-0.4, -0.2) is 49.9 Å². The van der Waals surface area contributed by atoms with Crippen molar-refractivity contribution in [2.45, 2.75) is 33.6 Å². The summed E-state index contributed by atoms with van der Waals surface area (Å²) < 4.78 is 9.99. The fourth-order valence-electron chi connectivity index (χ4n) is 3.15. The van der Waals surface area contributed by atoms with Crippen molar-refractivity contribution in [2.75, 3.05) is 38.8 Å². The van der Waals surface area contributed by atoms with Gasteiger partial charge in [0.25, 0.3) is 0 Å². The third-order valence-electron chi connectivity index (χ3n) is 4.67. The van der Waals surface area contributed by atoms with Gasteiger partial charge in [0.15, 0.2) is 0 Å². The summed E-state index contributed by atoms with van der Waals surface area (Å²) >= 11 is 0. The number of anilines is 1. The first-order chi connectivity index (χ1) is 15.1. The van der Waals surface area contributed by atoms with Gasteiger partial charge in [-0.1, -0.05) is 26.3 Å². The van der Waals surface area contributed by atoms with E-state index in [0.29, 0.717) is 18.6 Å². The molecule has 2 aromatic heterocycles. The van der Waals surface area contributed by atoms with Crippen LogP contribution in [0.4, 0.5) is 5.69 Å². The molecule has 0 unspecified atom stereocenters. The Morgan fingerprint density at radius 1 is 1.03 bits per heavy atom. The van der Waals surface area contributed by atoms with E-state index in [2.05, 4.69) is 47.8 Å². The average Bonchev–Trinajstić information content (AvgIpc) is 2.79. The zero-order valence-electron chi connectivity index (χ0n) is 19.2. The predicted octanol–water partition coefficient (Wildman–Crippen LogP) is 4.90. The first-order valence-corrected chi connectivity index (χ1v) is 10.7. The van der Waals surface area contributed by atoms with Gasteiger partial charge in [0.2, 0.25) is 0 Å². The van der Waals surface area contributed by atoms with Gasteiger partial charge in [-0.05, 0) is 42.8 Å². The van der Waals surface area contributed by atoms with Gasteiger partial charge in [0.05, 0.1) is 36.7 Å². The molecule has 0 bridgehead atoms. The number of aromatic nitrogens is 2. The molecular weight excluding hydrogens is 390 g/mol. The number of benzene rings is 1. The van der Waals surface area contributed by atoms with Crippen molar-refractivity contribution in [3.8, 4) is 0 Å². The van der Waals surface area contributed by atoms with Crippen LogP contribution in [-0.2, 0) is 15.9 Å². The number of hydrogen-bond donors (Lipinski definition) is 0. The second-order valence-electron chi connectivity index (χ2n) is 7.20. The summed E-state index contributed by atoms with van der Waals surface area (Å²) in [4.78, 5) is 22.9. The van der Waals surface area contributed by atoms with Gasteiger partial charge in [-0.2, -0.15) is 0 Å². The molecule has 0 radical (unpaired) electrons. The van der Waals surface area contributed by atoms with Crippen LogP contribution in [0.1, 0.15) is 48.8 Å². The van der Waals surface area contributed by atoms with Crippen LogP contribution in [0.3, 0.4) is 0 Å². The van der Waals surface area contributed by atoms with Gasteiger partial charge in [-0.3, -0.25) is 9.97 Å². The number of esters is 1. The lowest BCUT2D eigenvalue weighted by Crippen LogP contribution is -2.26. The van der Waals surface area contributed by atoms with E-state index in [1.807, 2.05) is 18.3 Å². The highest BCUT2D eigenvalue weighted by molar-refractivity contribution is 5.89. The van der Waals surface area contributed by atoms with Gasteiger partial charge in [0, 0.05) is 43.9 Å². The SMILES string of the molecule is CCC.CCN(CCOC)c1cnc2ccc(Cc3cc(C(=O)OC)ccn3)cc2c1. The van der Waals surface area contributed by atoms with Gasteiger partial charge in [-0.15, -0.1) is 0 Å². The molecule has 0 saturated carbocycles. The molecule has 166 valence electrons. The Labute approximate surface area is 185 Å². The van der Waals surface area contributed by atoms with E-state index in [-0.39, 0.29) is 5.97 Å². The molecule has 0 aliphatic rings. The largest absolute Gasteiger partial charge is 0.465 e. The zero-order valence-corrected chi connectivity index (χ0v) is 19.2. The summed E-state index contributed by atoms with van der Waals surface area (Å²) in [5.41, 5.74) is 4.47. The lowest BCUT2D eigenvalue weighted by molar-refractivity contribution is 0.0600. The fraction of sp³-hybridized carbons (Fsp3) is 0.400. The van der Waals surface area contributed by atoms with E-state index in [1.54, 1.807) is 25.4 Å². The van der Waals surface area contributed by atoms with Crippen molar-refractivity contribution in [1.82, 2.24) is 9.97 Å². The highest BCUT2D eigenvalue weighted by Crippen LogP contribution is 2.22. The maximum Gasteiger partial charge on any atom is 0.337 e. The van der Waals surface area contributed by atoms with Crippen molar-refractivity contribution in [3.63, 3.8) is 0 Å². The number of ether oxygens (including phenoxy) is 2. The topological polar surface area (TPSA) is 64.5 Å². The van der Waals surface area contributed by atoms with Crippen LogP contribution in [0, 0.1) is 0 Å². The van der Waals surface area contributed by atoms with Gasteiger partial charge >= 0.3 is 5.97 Å². The second kappa shape index (κ2) is 12.6. The molecule has 31 heavy (non-hydrogen) atoms. The van der Waals surface area contributed by atoms with E-state index in [0.717, 1.165) is 40.9 Å². The number of likely N-dealkylation sites (N-methyl/N-ethyl adjacent to an activating group) is 1. The average molecular weight is 424 g/mol. The Bertz CT molecular complexity index is 975. The first-order valence-electron chi connectivity index (χ1n) is 10.7. The number of fused-ring (bicyclic) bond motifs is 1. The summed E-state index contributed by atoms with van der Waals surface area (Å²) in [6.07, 6.45) is 5.42. The highest BCUT2D eigenvalue weighted by atomic mass is 16.5. The highest BCUT2D eigenvalue weighted by Gasteiger charge is 2.09. The summed E-state index contributed by atoms with van der Waals surface area (Å²) in [6.45, 7) is 8.76. The van der Waals surface area contributed by atoms with Crippen molar-refractivity contribution in [3.05, 3.63) is 65.6 Å². The summed E-state index contributed by atoms with van der Waals surface area (Å²) in [5.74, 6) is -0.355. The third-order valence-corrected chi connectivity index (χ3v) is 4.67. The molecule has 1 aromatic carbocycles. The molecule has 0 N–H and O–H groups in total. The standard InChI is InChI=1S/C22H25N3O3.C3H8/c1-4-25(9-10-27-2)20-14-18-11-16(5-6-21(18)24-15-20)12-19-13-17(7-8-23-19)22(26)28-3;1-3-2/h5-8,11,13-15H,4,9-10,12H2,1-3H3;3H2,1-2H3. The number of methoxy groups -OCH3 is 2. The van der Waals surface area contributed by atoms with E-state index >= 15 is 0 Å². The molecule has 3 aromatic rings. The number of pyridine rings is 2. The molecule has 3 rings (SSSR count). The first kappa shape index (κ1) is 24.3. The Balaban J connectivity index is 0.00000107. The van der Waals surface area contributed by atoms with Crippen molar-refractivity contribution < 1.29 is 14.3 Å². The maximum absolute atomic E-state index is 11.7. The molecule has 0 amide bonds. The van der Waals surface area contributed by atoms with Crippen molar-refractivity contribution >= 4 is 22.6 Å². The minimum absolute atomic E-state index is 0.355. The Hall–Kier alpha value is -2.99. The van der Waals surface area contributed by atoms with Crippen LogP contribution in [0.25, 0.3) is 10.9 Å². The Kier molecular flexibility index (Phi) is 9.91. The maximum atomic E-state index is 11.7. The van der Waals surface area contributed by atoms with E-state index in [1.165, 1.54) is 13.5 Å². The summed E-state index contributed by atoms with van der Waals surface area (Å²) in [7, 11) is 3.09. The molecule has 0 spiro atoms. The number of carbonyl (C=O) groups excluding carboxylic acids is 1. The molecule has 6 nitrogen and oxygen atoms in total.